The molecule has 0 bridgehead atoms. The van der Waals surface area contributed by atoms with Gasteiger partial charge in [-0.15, -0.1) is 4.80 Å². The van der Waals surface area contributed by atoms with Gasteiger partial charge in [0.1, 0.15) is 17.3 Å². The first-order valence-electron chi connectivity index (χ1n) is 8.81. The molecular weight excluding hydrogens is 434 g/mol. The van der Waals surface area contributed by atoms with Crippen LogP contribution in [0.2, 0.25) is 0 Å². The topological polar surface area (TPSA) is 125 Å². The van der Waals surface area contributed by atoms with E-state index in [9.17, 15) is 27.6 Å². The summed E-state index contributed by atoms with van der Waals surface area (Å²) in [6.45, 7) is -0.453. The number of nitrogens with zero attached hydrogens (tertiary/aromatic N) is 7. The molecule has 10 nitrogen and oxygen atoms in total. The van der Waals surface area contributed by atoms with E-state index < -0.39 is 35.8 Å². The van der Waals surface area contributed by atoms with Gasteiger partial charge in [0, 0.05) is 6.54 Å². The maximum atomic E-state index is 13.8. The van der Waals surface area contributed by atoms with Crippen LogP contribution < -0.4 is 15.8 Å². The number of amides is 1. The van der Waals surface area contributed by atoms with Crippen molar-refractivity contribution in [3.8, 4) is 11.9 Å². The summed E-state index contributed by atoms with van der Waals surface area (Å²) in [5, 5.41) is 20.0. The van der Waals surface area contributed by atoms with Crippen LogP contribution in [-0.4, -0.2) is 43.6 Å². The third-order valence-corrected chi connectivity index (χ3v) is 4.29. The van der Waals surface area contributed by atoms with Gasteiger partial charge in [-0.2, -0.15) is 33.0 Å². The maximum Gasteiger partial charge on any atom is 0.433 e. The molecule has 1 aliphatic rings. The van der Waals surface area contributed by atoms with E-state index in [1.807, 2.05) is 6.07 Å². The number of carbonyl (C=O) groups excluding carboxylic acids is 1. The molecule has 4 heterocycles. The predicted molar refractivity (Wildman–Crippen MR) is 100 cm³/mol. The Morgan fingerprint density at radius 3 is 2.56 bits per heavy atom. The molecule has 1 amide bonds. The molecule has 4 rings (SSSR count). The molecule has 0 unspecified atom stereocenters. The van der Waals surface area contributed by atoms with Gasteiger partial charge < -0.3 is 5.32 Å². The van der Waals surface area contributed by atoms with Crippen molar-refractivity contribution in [2.45, 2.75) is 6.18 Å². The number of nitrogens with one attached hydrogen (secondary N) is 2. The molecule has 2 N–H and O–H groups in total. The molecule has 0 radical (unpaired) electrons. The molecule has 0 atom stereocenters. The molecule has 0 fully saturated rings. The number of hydrogen-bond acceptors (Lipinski definition) is 8. The van der Waals surface area contributed by atoms with Crippen LogP contribution in [0, 0.1) is 17.3 Å². The van der Waals surface area contributed by atoms with Crippen LogP contribution in [0.1, 0.15) is 5.56 Å². The SMILES string of the molecule is N#Cc1cc(NC(=O)C2=C(C(F)(F)F)N(c3ccc(F)nc3)NC2)cnc1-n1nccn1. The normalized spacial score (nSPS) is 13.9. The number of allylic oxidation sites excluding steroid dienone is 1. The lowest BCUT2D eigenvalue weighted by Gasteiger charge is -2.23. The van der Waals surface area contributed by atoms with Gasteiger partial charge in [-0.3, -0.25) is 9.80 Å². The van der Waals surface area contributed by atoms with E-state index in [1.54, 1.807) is 0 Å². The third kappa shape index (κ3) is 3.96. The van der Waals surface area contributed by atoms with Crippen LogP contribution in [0.25, 0.3) is 5.82 Å². The van der Waals surface area contributed by atoms with Gasteiger partial charge in [0.15, 0.2) is 5.82 Å². The highest BCUT2D eigenvalue weighted by Gasteiger charge is 2.45. The van der Waals surface area contributed by atoms with Gasteiger partial charge in [0.25, 0.3) is 5.91 Å². The van der Waals surface area contributed by atoms with Crippen LogP contribution in [0.3, 0.4) is 0 Å². The number of pyridine rings is 2. The largest absolute Gasteiger partial charge is 0.433 e. The van der Waals surface area contributed by atoms with E-state index >= 15 is 0 Å². The molecule has 3 aromatic heterocycles. The van der Waals surface area contributed by atoms with E-state index in [0.717, 1.165) is 29.3 Å². The van der Waals surface area contributed by atoms with Crippen LogP contribution >= 0.6 is 0 Å². The number of aromatic nitrogens is 5. The van der Waals surface area contributed by atoms with E-state index in [4.69, 9.17) is 0 Å². The summed E-state index contributed by atoms with van der Waals surface area (Å²) in [5.41, 5.74) is 0.448. The smallest absolute Gasteiger partial charge is 0.321 e. The third-order valence-electron chi connectivity index (χ3n) is 4.29. The fourth-order valence-corrected chi connectivity index (χ4v) is 2.96. The van der Waals surface area contributed by atoms with Gasteiger partial charge in [-0.1, -0.05) is 0 Å². The van der Waals surface area contributed by atoms with Crippen molar-refractivity contribution in [2.24, 2.45) is 0 Å². The maximum absolute atomic E-state index is 13.8. The zero-order chi connectivity index (χ0) is 22.9. The Balaban J connectivity index is 1.65. The van der Waals surface area contributed by atoms with Crippen LogP contribution in [0.15, 0.2) is 54.3 Å². The Bertz CT molecular complexity index is 1230. The van der Waals surface area contributed by atoms with Crippen molar-refractivity contribution in [2.75, 3.05) is 16.9 Å². The summed E-state index contributed by atoms with van der Waals surface area (Å²) >= 11 is 0. The Labute approximate surface area is 176 Å². The van der Waals surface area contributed by atoms with Crippen molar-refractivity contribution >= 4 is 17.3 Å². The minimum atomic E-state index is -4.91. The Morgan fingerprint density at radius 1 is 1.19 bits per heavy atom. The van der Waals surface area contributed by atoms with Crippen molar-refractivity contribution in [3.05, 3.63) is 65.8 Å². The summed E-state index contributed by atoms with van der Waals surface area (Å²) < 4.78 is 54.3. The number of hydrogen-bond donors (Lipinski definition) is 2. The first-order chi connectivity index (χ1) is 15.3. The first kappa shape index (κ1) is 20.9. The summed E-state index contributed by atoms with van der Waals surface area (Å²) in [4.78, 5) is 21.1. The fraction of sp³-hybridized carbons (Fsp3) is 0.111. The second kappa shape index (κ2) is 8.04. The second-order valence-corrected chi connectivity index (χ2v) is 6.31. The lowest BCUT2D eigenvalue weighted by Crippen LogP contribution is -2.37. The molecule has 32 heavy (non-hydrogen) atoms. The van der Waals surface area contributed by atoms with E-state index in [2.05, 4.69) is 30.9 Å². The number of nitriles is 1. The predicted octanol–water partition coefficient (Wildman–Crippen LogP) is 1.85. The molecule has 0 saturated heterocycles. The average Bonchev–Trinajstić information content (AvgIpc) is 3.44. The zero-order valence-electron chi connectivity index (χ0n) is 15.8. The van der Waals surface area contributed by atoms with Gasteiger partial charge in [0.05, 0.1) is 41.7 Å². The molecular formula is C18H11F4N9O. The van der Waals surface area contributed by atoms with Crippen molar-refractivity contribution in [1.82, 2.24) is 30.4 Å². The van der Waals surface area contributed by atoms with Gasteiger partial charge >= 0.3 is 6.18 Å². The minimum absolute atomic E-state index is 0.00150. The highest BCUT2D eigenvalue weighted by molar-refractivity contribution is 6.05. The highest BCUT2D eigenvalue weighted by Crippen LogP contribution is 2.36. The van der Waals surface area contributed by atoms with E-state index in [1.165, 1.54) is 18.5 Å². The van der Waals surface area contributed by atoms with Gasteiger partial charge in [0.2, 0.25) is 5.95 Å². The summed E-state index contributed by atoms with van der Waals surface area (Å²) in [5.74, 6) is -1.83. The lowest BCUT2D eigenvalue weighted by molar-refractivity contribution is -0.114. The summed E-state index contributed by atoms with van der Waals surface area (Å²) in [7, 11) is 0. The van der Waals surface area contributed by atoms with Crippen molar-refractivity contribution < 1.29 is 22.4 Å². The number of rotatable bonds is 4. The number of halogens is 4. The summed E-state index contributed by atoms with van der Waals surface area (Å²) in [6.07, 6.45) is -0.0933. The average molecular weight is 445 g/mol. The fourth-order valence-electron chi connectivity index (χ4n) is 2.96. The van der Waals surface area contributed by atoms with Crippen LogP contribution in [0.4, 0.5) is 28.9 Å². The molecule has 14 heteroatoms. The summed E-state index contributed by atoms with van der Waals surface area (Å²) in [6, 6.07) is 5.09. The Hall–Kier alpha value is -4.38. The molecule has 0 saturated carbocycles. The second-order valence-electron chi connectivity index (χ2n) is 6.31. The molecule has 1 aliphatic heterocycles. The number of hydrazine groups is 1. The van der Waals surface area contributed by atoms with E-state index in [0.29, 0.717) is 5.01 Å². The Morgan fingerprint density at radius 2 is 1.94 bits per heavy atom. The zero-order valence-corrected chi connectivity index (χ0v) is 15.8. The van der Waals surface area contributed by atoms with Crippen molar-refractivity contribution in [1.29, 1.82) is 5.26 Å². The first-order valence-corrected chi connectivity index (χ1v) is 8.81. The number of alkyl halides is 3. The molecule has 0 spiro atoms. The quantitative estimate of drug-likeness (QED) is 0.461. The monoisotopic (exact) mass is 445 g/mol. The van der Waals surface area contributed by atoms with Crippen molar-refractivity contribution in [3.63, 3.8) is 0 Å². The van der Waals surface area contributed by atoms with Crippen LogP contribution in [-0.2, 0) is 4.79 Å². The standard InChI is InChI=1S/C18H11F4N9O/c19-14-2-1-12(8-24-14)30-15(18(20,21)22)13(9-28-30)17(32)29-11-5-10(6-23)16(25-7-11)31-26-3-4-27-31/h1-5,7-8,28H,9H2,(H,29,32). The van der Waals surface area contributed by atoms with Gasteiger partial charge in [-0.25, -0.2) is 15.4 Å². The minimum Gasteiger partial charge on any atom is -0.321 e. The van der Waals surface area contributed by atoms with Gasteiger partial charge in [-0.05, 0) is 18.2 Å². The van der Waals surface area contributed by atoms with Crippen LogP contribution in [0.5, 0.6) is 0 Å². The molecule has 0 aliphatic carbocycles. The number of carbonyl (C=O) groups is 1. The number of anilines is 2. The molecule has 0 aromatic carbocycles. The van der Waals surface area contributed by atoms with E-state index in [-0.39, 0.29) is 22.8 Å². The molecule has 162 valence electrons. The lowest BCUT2D eigenvalue weighted by atomic mass is 10.1. The Kier molecular flexibility index (Phi) is 5.24. The highest BCUT2D eigenvalue weighted by atomic mass is 19.4. The molecule has 3 aromatic rings.